The molecule has 0 amide bonds. The Morgan fingerprint density at radius 3 is 2.24 bits per heavy atom. The Kier molecular flexibility index (Phi) is 5.26. The van der Waals surface area contributed by atoms with Crippen molar-refractivity contribution in [2.24, 2.45) is 0 Å². The molecule has 3 heteroatoms. The molecule has 0 atom stereocenters. The van der Waals surface area contributed by atoms with Crippen LogP contribution in [0.5, 0.6) is 0 Å². The van der Waals surface area contributed by atoms with E-state index in [-0.39, 0.29) is 5.78 Å². The van der Waals surface area contributed by atoms with Crippen LogP contribution < -0.4 is 0 Å². The lowest BCUT2D eigenvalue weighted by Crippen LogP contribution is -2.09. The number of carbonyl (C=O) groups is 1. The molecule has 0 fully saturated rings. The van der Waals surface area contributed by atoms with Crippen LogP contribution >= 0.6 is 0 Å². The van der Waals surface area contributed by atoms with Crippen molar-refractivity contribution in [1.29, 1.82) is 0 Å². The number of carbonyl (C=O) groups excluding carboxylic acids is 1. The van der Waals surface area contributed by atoms with E-state index in [1.54, 1.807) is 14.2 Å². The highest BCUT2D eigenvalue weighted by molar-refractivity contribution is 6.10. The van der Waals surface area contributed by atoms with Crippen LogP contribution in [0.2, 0.25) is 0 Å². The van der Waals surface area contributed by atoms with E-state index < -0.39 is 0 Å². The Balaban J connectivity index is 2.45. The Bertz CT molecular complexity index is 618. The molecule has 0 N–H and O–H groups in total. The van der Waals surface area contributed by atoms with Crippen molar-refractivity contribution in [1.82, 2.24) is 0 Å². The minimum atomic E-state index is 0.0365. The summed E-state index contributed by atoms with van der Waals surface area (Å²) in [5.41, 5.74) is 4.46. The van der Waals surface area contributed by atoms with Crippen molar-refractivity contribution in [3.8, 4) is 0 Å². The first kappa shape index (κ1) is 15.4. The highest BCUT2D eigenvalue weighted by Gasteiger charge is 2.16. The van der Waals surface area contributed by atoms with Gasteiger partial charge in [-0.15, -0.1) is 0 Å². The lowest BCUT2D eigenvalue weighted by atomic mass is 9.93. The summed E-state index contributed by atoms with van der Waals surface area (Å²) in [6, 6.07) is 13.1. The molecule has 2 aromatic carbocycles. The van der Waals surface area contributed by atoms with Gasteiger partial charge in [0.1, 0.15) is 0 Å². The highest BCUT2D eigenvalue weighted by atomic mass is 16.5. The summed E-state index contributed by atoms with van der Waals surface area (Å²) in [4.78, 5) is 12.6. The zero-order valence-electron chi connectivity index (χ0n) is 12.7. The van der Waals surface area contributed by atoms with E-state index in [0.717, 1.165) is 16.7 Å². The fourth-order valence-electron chi connectivity index (χ4n) is 2.44. The van der Waals surface area contributed by atoms with Crippen LogP contribution in [0.15, 0.2) is 42.5 Å². The first-order valence-corrected chi connectivity index (χ1v) is 6.88. The van der Waals surface area contributed by atoms with Gasteiger partial charge in [0, 0.05) is 25.3 Å². The summed E-state index contributed by atoms with van der Waals surface area (Å²) >= 11 is 0. The maximum atomic E-state index is 12.6. The zero-order valence-corrected chi connectivity index (χ0v) is 12.7. The van der Waals surface area contributed by atoms with Gasteiger partial charge in [-0.2, -0.15) is 0 Å². The van der Waals surface area contributed by atoms with E-state index >= 15 is 0 Å². The second-order valence-corrected chi connectivity index (χ2v) is 4.94. The van der Waals surface area contributed by atoms with Crippen LogP contribution in [0.4, 0.5) is 0 Å². The number of hydrogen-bond acceptors (Lipinski definition) is 3. The molecule has 2 rings (SSSR count). The SMILES string of the molecule is COCc1ccc(C(=O)c2ccccc2)c(C)c1COC. The van der Waals surface area contributed by atoms with E-state index in [9.17, 15) is 4.79 Å². The largest absolute Gasteiger partial charge is 0.380 e. The molecule has 110 valence electrons. The van der Waals surface area contributed by atoms with Crippen molar-refractivity contribution in [3.63, 3.8) is 0 Å². The average Bonchev–Trinajstić information content (AvgIpc) is 2.51. The second kappa shape index (κ2) is 7.16. The maximum absolute atomic E-state index is 12.6. The predicted molar refractivity (Wildman–Crippen MR) is 82.5 cm³/mol. The van der Waals surface area contributed by atoms with E-state index in [1.165, 1.54) is 0 Å². The van der Waals surface area contributed by atoms with Crippen LogP contribution in [0, 0.1) is 6.92 Å². The van der Waals surface area contributed by atoms with Crippen LogP contribution in [0.3, 0.4) is 0 Å². The van der Waals surface area contributed by atoms with Gasteiger partial charge in [-0.3, -0.25) is 4.79 Å². The zero-order chi connectivity index (χ0) is 15.2. The lowest BCUT2D eigenvalue weighted by Gasteiger charge is -2.15. The van der Waals surface area contributed by atoms with Gasteiger partial charge in [-0.1, -0.05) is 42.5 Å². The number of rotatable bonds is 6. The normalized spacial score (nSPS) is 10.6. The smallest absolute Gasteiger partial charge is 0.193 e. The van der Waals surface area contributed by atoms with Crippen molar-refractivity contribution in [2.75, 3.05) is 14.2 Å². The third kappa shape index (κ3) is 3.38. The van der Waals surface area contributed by atoms with Crippen LogP contribution in [-0.2, 0) is 22.7 Å². The average molecular weight is 284 g/mol. The van der Waals surface area contributed by atoms with E-state index in [0.29, 0.717) is 24.3 Å². The van der Waals surface area contributed by atoms with Crippen molar-refractivity contribution in [3.05, 3.63) is 70.3 Å². The monoisotopic (exact) mass is 284 g/mol. The quantitative estimate of drug-likeness (QED) is 0.761. The first-order chi connectivity index (χ1) is 10.2. The molecule has 0 aliphatic carbocycles. The molecule has 2 aromatic rings. The van der Waals surface area contributed by atoms with Crippen LogP contribution in [-0.4, -0.2) is 20.0 Å². The fourth-order valence-corrected chi connectivity index (χ4v) is 2.44. The van der Waals surface area contributed by atoms with Gasteiger partial charge in [-0.25, -0.2) is 0 Å². The van der Waals surface area contributed by atoms with Gasteiger partial charge in [0.2, 0.25) is 0 Å². The van der Waals surface area contributed by atoms with E-state index in [2.05, 4.69) is 0 Å². The molecular formula is C18H20O3. The highest BCUT2D eigenvalue weighted by Crippen LogP contribution is 2.23. The van der Waals surface area contributed by atoms with Crippen molar-refractivity contribution >= 4 is 5.78 Å². The summed E-state index contributed by atoms with van der Waals surface area (Å²) in [6.45, 7) is 2.95. The first-order valence-electron chi connectivity index (χ1n) is 6.88. The van der Waals surface area contributed by atoms with Crippen LogP contribution in [0.25, 0.3) is 0 Å². The summed E-state index contributed by atoms with van der Waals surface area (Å²) < 4.78 is 10.5. The minimum absolute atomic E-state index is 0.0365. The molecular weight excluding hydrogens is 264 g/mol. The summed E-state index contributed by atoms with van der Waals surface area (Å²) in [5.74, 6) is 0.0365. The summed E-state index contributed by atoms with van der Waals surface area (Å²) in [7, 11) is 3.32. The molecule has 0 aliphatic rings. The molecule has 0 radical (unpaired) electrons. The molecule has 0 aromatic heterocycles. The van der Waals surface area contributed by atoms with E-state index in [1.807, 2.05) is 49.4 Å². The fraction of sp³-hybridized carbons (Fsp3) is 0.278. The van der Waals surface area contributed by atoms with Gasteiger partial charge in [0.05, 0.1) is 13.2 Å². The Morgan fingerprint density at radius 1 is 0.952 bits per heavy atom. The molecule has 3 nitrogen and oxygen atoms in total. The molecule has 0 saturated heterocycles. The van der Waals surface area contributed by atoms with Gasteiger partial charge >= 0.3 is 0 Å². The molecule has 0 bridgehead atoms. The number of benzene rings is 2. The number of ketones is 1. The van der Waals surface area contributed by atoms with Crippen molar-refractivity contribution in [2.45, 2.75) is 20.1 Å². The Labute approximate surface area is 125 Å². The second-order valence-electron chi connectivity index (χ2n) is 4.94. The standard InChI is InChI=1S/C18H20O3/c1-13-16(18(19)14-7-5-4-6-8-14)10-9-15(11-20-2)17(13)12-21-3/h4-10H,11-12H2,1-3H3. The molecule has 0 heterocycles. The molecule has 0 saturated carbocycles. The molecule has 0 unspecified atom stereocenters. The third-order valence-electron chi connectivity index (χ3n) is 3.56. The maximum Gasteiger partial charge on any atom is 0.193 e. The number of ether oxygens (including phenoxy) is 2. The third-order valence-corrected chi connectivity index (χ3v) is 3.56. The number of hydrogen-bond donors (Lipinski definition) is 0. The van der Waals surface area contributed by atoms with Gasteiger partial charge in [0.25, 0.3) is 0 Å². The van der Waals surface area contributed by atoms with E-state index in [4.69, 9.17) is 9.47 Å². The summed E-state index contributed by atoms with van der Waals surface area (Å²) in [6.07, 6.45) is 0. The molecule has 21 heavy (non-hydrogen) atoms. The summed E-state index contributed by atoms with van der Waals surface area (Å²) in [5, 5.41) is 0. The molecule has 0 aliphatic heterocycles. The lowest BCUT2D eigenvalue weighted by molar-refractivity contribution is 0.103. The number of methoxy groups -OCH3 is 2. The van der Waals surface area contributed by atoms with Gasteiger partial charge in [-0.05, 0) is 23.6 Å². The van der Waals surface area contributed by atoms with Gasteiger partial charge in [0.15, 0.2) is 5.78 Å². The van der Waals surface area contributed by atoms with Crippen molar-refractivity contribution < 1.29 is 14.3 Å². The minimum Gasteiger partial charge on any atom is -0.380 e. The van der Waals surface area contributed by atoms with Gasteiger partial charge < -0.3 is 9.47 Å². The Morgan fingerprint density at radius 2 is 1.62 bits per heavy atom. The predicted octanol–water partition coefficient (Wildman–Crippen LogP) is 3.52. The molecule has 0 spiro atoms. The topological polar surface area (TPSA) is 35.5 Å². The van der Waals surface area contributed by atoms with Crippen LogP contribution in [0.1, 0.15) is 32.6 Å². The Hall–Kier alpha value is -1.97.